The van der Waals surface area contributed by atoms with Crippen LogP contribution in [0.2, 0.25) is 0 Å². The molecule has 2 N–H and O–H groups in total. The first-order valence-electron chi connectivity index (χ1n) is 11.2. The first-order valence-corrected chi connectivity index (χ1v) is 12.2. The van der Waals surface area contributed by atoms with E-state index in [4.69, 9.17) is 0 Å². The molecule has 2 aromatic carbocycles. The van der Waals surface area contributed by atoms with Crippen molar-refractivity contribution in [1.29, 1.82) is 0 Å². The molecule has 0 aliphatic carbocycles. The number of aryl methyl sites for hydroxylation is 1. The summed E-state index contributed by atoms with van der Waals surface area (Å²) in [7, 11) is 0. The number of aromatic nitrogens is 1. The second-order valence-electron chi connectivity index (χ2n) is 8.12. The number of anilines is 2. The van der Waals surface area contributed by atoms with Gasteiger partial charge in [0.15, 0.2) is 0 Å². The first kappa shape index (κ1) is 22.9. The van der Waals surface area contributed by atoms with Crippen LogP contribution in [0, 0.1) is 0 Å². The second-order valence-corrected chi connectivity index (χ2v) is 9.21. The van der Waals surface area contributed by atoms with E-state index in [1.807, 2.05) is 61.5 Å². The minimum atomic E-state index is -0.178. The normalized spacial score (nSPS) is 13.7. The summed E-state index contributed by atoms with van der Waals surface area (Å²) in [5.74, 6) is 0.817. The third-order valence-electron chi connectivity index (χ3n) is 5.53. The van der Waals surface area contributed by atoms with Crippen molar-refractivity contribution < 1.29 is 9.59 Å². The quantitative estimate of drug-likeness (QED) is 0.526. The Labute approximate surface area is 198 Å². The summed E-state index contributed by atoms with van der Waals surface area (Å²) >= 11 is 1.66. The number of rotatable bonds is 7. The van der Waals surface area contributed by atoms with Crippen LogP contribution in [0.4, 0.5) is 16.2 Å². The van der Waals surface area contributed by atoms with E-state index < -0.39 is 0 Å². The SMILES string of the molecule is C[C@H](CCc1ccccc1)NC(=O)Cc1ccc(NC(=O)N2CCSc3ncccc32)cc1. The molecule has 0 radical (unpaired) electrons. The van der Waals surface area contributed by atoms with Crippen molar-refractivity contribution >= 4 is 35.1 Å². The van der Waals surface area contributed by atoms with Crippen molar-refractivity contribution in [3.8, 4) is 0 Å². The van der Waals surface area contributed by atoms with Crippen LogP contribution < -0.4 is 15.5 Å². The van der Waals surface area contributed by atoms with Gasteiger partial charge in [-0.2, -0.15) is 0 Å². The van der Waals surface area contributed by atoms with Gasteiger partial charge in [-0.1, -0.05) is 42.5 Å². The van der Waals surface area contributed by atoms with Crippen LogP contribution in [-0.2, 0) is 17.6 Å². The van der Waals surface area contributed by atoms with E-state index in [2.05, 4.69) is 27.8 Å². The number of nitrogens with one attached hydrogen (secondary N) is 2. The van der Waals surface area contributed by atoms with Gasteiger partial charge < -0.3 is 10.6 Å². The molecule has 3 aromatic rings. The van der Waals surface area contributed by atoms with E-state index in [1.54, 1.807) is 22.9 Å². The number of benzene rings is 2. The van der Waals surface area contributed by atoms with Gasteiger partial charge in [0.1, 0.15) is 5.03 Å². The standard InChI is InChI=1S/C26H28N4O2S/c1-19(9-10-20-6-3-2-4-7-20)28-24(31)18-21-11-13-22(14-12-21)29-26(32)30-16-17-33-25-23(30)8-5-15-27-25/h2-8,11-15,19H,9-10,16-18H2,1H3,(H,28,31)(H,29,32)/t19-/m1/s1. The Morgan fingerprint density at radius 3 is 2.61 bits per heavy atom. The summed E-state index contributed by atoms with van der Waals surface area (Å²) < 4.78 is 0. The van der Waals surface area contributed by atoms with Gasteiger partial charge in [-0.25, -0.2) is 9.78 Å². The van der Waals surface area contributed by atoms with Crippen LogP contribution in [0.25, 0.3) is 0 Å². The first-order chi connectivity index (χ1) is 16.1. The largest absolute Gasteiger partial charge is 0.353 e. The van der Waals surface area contributed by atoms with Gasteiger partial charge in [-0.15, -0.1) is 11.8 Å². The van der Waals surface area contributed by atoms with Crippen molar-refractivity contribution in [3.63, 3.8) is 0 Å². The Hall–Kier alpha value is -3.32. The lowest BCUT2D eigenvalue weighted by Crippen LogP contribution is -2.38. The van der Waals surface area contributed by atoms with Crippen molar-refractivity contribution in [2.45, 2.75) is 37.3 Å². The number of pyridine rings is 1. The average Bonchev–Trinajstić information content (AvgIpc) is 2.84. The Kier molecular flexibility index (Phi) is 7.62. The number of hydrogen-bond acceptors (Lipinski definition) is 4. The van der Waals surface area contributed by atoms with E-state index in [9.17, 15) is 9.59 Å². The van der Waals surface area contributed by atoms with Gasteiger partial charge in [-0.05, 0) is 55.2 Å². The Balaban J connectivity index is 1.26. The molecule has 0 saturated heterocycles. The fourth-order valence-corrected chi connectivity index (χ4v) is 4.70. The van der Waals surface area contributed by atoms with E-state index in [1.165, 1.54) is 5.56 Å². The van der Waals surface area contributed by atoms with Crippen molar-refractivity contribution in [1.82, 2.24) is 10.3 Å². The van der Waals surface area contributed by atoms with Crippen LogP contribution in [0.5, 0.6) is 0 Å². The smallest absolute Gasteiger partial charge is 0.326 e. The Bertz CT molecular complexity index is 1090. The van der Waals surface area contributed by atoms with E-state index >= 15 is 0 Å². The fraction of sp³-hybridized carbons (Fsp3) is 0.269. The zero-order chi connectivity index (χ0) is 23.0. The maximum atomic E-state index is 12.8. The molecule has 1 atom stereocenters. The highest BCUT2D eigenvalue weighted by Gasteiger charge is 2.23. The zero-order valence-electron chi connectivity index (χ0n) is 18.7. The van der Waals surface area contributed by atoms with Crippen LogP contribution >= 0.6 is 11.8 Å². The van der Waals surface area contributed by atoms with Gasteiger partial charge in [0.25, 0.3) is 0 Å². The zero-order valence-corrected chi connectivity index (χ0v) is 19.5. The molecule has 7 heteroatoms. The summed E-state index contributed by atoms with van der Waals surface area (Å²) in [4.78, 5) is 31.3. The molecule has 0 spiro atoms. The monoisotopic (exact) mass is 460 g/mol. The summed E-state index contributed by atoms with van der Waals surface area (Å²) in [5, 5.41) is 6.89. The summed E-state index contributed by atoms with van der Waals surface area (Å²) in [5.41, 5.74) is 3.72. The van der Waals surface area contributed by atoms with Gasteiger partial charge in [0.2, 0.25) is 5.91 Å². The molecular weight excluding hydrogens is 432 g/mol. The lowest BCUT2D eigenvalue weighted by Gasteiger charge is -2.28. The van der Waals surface area contributed by atoms with E-state index in [0.29, 0.717) is 18.7 Å². The van der Waals surface area contributed by atoms with Crippen LogP contribution in [-0.4, -0.2) is 35.3 Å². The third kappa shape index (κ3) is 6.35. The molecule has 2 heterocycles. The number of fused-ring (bicyclic) bond motifs is 1. The molecule has 3 amide bonds. The summed E-state index contributed by atoms with van der Waals surface area (Å²) in [6.07, 6.45) is 3.89. The predicted octanol–water partition coefficient (Wildman–Crippen LogP) is 4.91. The molecule has 0 saturated carbocycles. The number of amides is 3. The highest BCUT2D eigenvalue weighted by atomic mass is 32.2. The lowest BCUT2D eigenvalue weighted by atomic mass is 10.1. The van der Waals surface area contributed by atoms with Crippen LogP contribution in [0.15, 0.2) is 78.0 Å². The highest BCUT2D eigenvalue weighted by Crippen LogP contribution is 2.32. The van der Waals surface area contributed by atoms with Crippen LogP contribution in [0.3, 0.4) is 0 Å². The maximum Gasteiger partial charge on any atom is 0.326 e. The number of urea groups is 1. The Morgan fingerprint density at radius 2 is 1.82 bits per heavy atom. The van der Waals surface area contributed by atoms with Crippen molar-refractivity contribution in [2.24, 2.45) is 0 Å². The molecule has 0 fully saturated rings. The van der Waals surface area contributed by atoms with Gasteiger partial charge in [-0.3, -0.25) is 9.69 Å². The van der Waals surface area contributed by atoms with Crippen molar-refractivity contribution in [3.05, 3.63) is 84.1 Å². The predicted molar refractivity (Wildman–Crippen MR) is 134 cm³/mol. The third-order valence-corrected chi connectivity index (χ3v) is 6.50. The molecule has 0 bridgehead atoms. The maximum absolute atomic E-state index is 12.8. The fourth-order valence-electron chi connectivity index (χ4n) is 3.77. The molecule has 1 aliphatic heterocycles. The van der Waals surface area contributed by atoms with E-state index in [-0.39, 0.29) is 18.0 Å². The average molecular weight is 461 g/mol. The minimum absolute atomic E-state index is 0.00210. The number of thioether (sulfide) groups is 1. The van der Waals surface area contributed by atoms with Gasteiger partial charge >= 0.3 is 6.03 Å². The molecule has 0 unspecified atom stereocenters. The highest BCUT2D eigenvalue weighted by molar-refractivity contribution is 7.99. The topological polar surface area (TPSA) is 74.3 Å². The summed E-state index contributed by atoms with van der Waals surface area (Å²) in [6, 6.07) is 21.4. The molecular formula is C26H28N4O2S. The summed E-state index contributed by atoms with van der Waals surface area (Å²) in [6.45, 7) is 2.67. The lowest BCUT2D eigenvalue weighted by molar-refractivity contribution is -0.121. The molecule has 33 heavy (non-hydrogen) atoms. The number of nitrogens with zero attached hydrogens (tertiary/aromatic N) is 2. The van der Waals surface area contributed by atoms with Crippen LogP contribution in [0.1, 0.15) is 24.5 Å². The Morgan fingerprint density at radius 1 is 1.03 bits per heavy atom. The van der Waals surface area contributed by atoms with Gasteiger partial charge in [0, 0.05) is 30.2 Å². The minimum Gasteiger partial charge on any atom is -0.353 e. The molecule has 4 rings (SSSR count). The molecule has 170 valence electrons. The number of hydrogen-bond donors (Lipinski definition) is 2. The van der Waals surface area contributed by atoms with Gasteiger partial charge in [0.05, 0.1) is 12.1 Å². The molecule has 1 aliphatic rings. The number of carbonyl (C=O) groups is 2. The molecule has 6 nitrogen and oxygen atoms in total. The second kappa shape index (κ2) is 11.0. The van der Waals surface area contributed by atoms with E-state index in [0.717, 1.165) is 34.9 Å². The van der Waals surface area contributed by atoms with Crippen molar-refractivity contribution in [2.75, 3.05) is 22.5 Å². The number of carbonyl (C=O) groups excluding carboxylic acids is 2. The molecule has 1 aromatic heterocycles.